The summed E-state index contributed by atoms with van der Waals surface area (Å²) in [7, 11) is 7.67. The molecule has 0 aromatic heterocycles. The lowest BCUT2D eigenvalue weighted by Crippen LogP contribution is -2.52. The van der Waals surface area contributed by atoms with Crippen LogP contribution in [0.25, 0.3) is 0 Å². The van der Waals surface area contributed by atoms with Crippen molar-refractivity contribution >= 4 is 35.6 Å². The molecule has 1 aromatic rings. The molecule has 1 unspecified atom stereocenters. The van der Waals surface area contributed by atoms with E-state index in [0.29, 0.717) is 6.04 Å². The molecule has 8 nitrogen and oxygen atoms in total. The molecule has 1 aromatic carbocycles. The standard InChI is InChI=1S/C23H39N5O3.HI/c1-6-24-22(25-17-23(27(2)3)8-11-31-12-9-23)26-18-7-10-28(16-18)19-13-20(29-4)15-21(14-19)30-5;/h13-15,18H,6-12,16-17H2,1-5H3,(H2,24,25,26);1H. The Morgan fingerprint density at radius 2 is 1.84 bits per heavy atom. The number of likely N-dealkylation sites (N-methyl/N-ethyl adjacent to an activating group) is 1. The van der Waals surface area contributed by atoms with E-state index < -0.39 is 0 Å². The molecule has 1 atom stereocenters. The van der Waals surface area contributed by atoms with Gasteiger partial charge in [0.25, 0.3) is 0 Å². The number of methoxy groups -OCH3 is 2. The fraction of sp³-hybridized carbons (Fsp3) is 0.696. The molecule has 0 amide bonds. The summed E-state index contributed by atoms with van der Waals surface area (Å²) in [5.74, 6) is 2.52. The van der Waals surface area contributed by atoms with Crippen LogP contribution in [0.1, 0.15) is 26.2 Å². The highest BCUT2D eigenvalue weighted by Crippen LogP contribution is 2.30. The Hall–Kier alpha value is -1.46. The number of nitrogens with zero attached hydrogens (tertiary/aromatic N) is 3. The van der Waals surface area contributed by atoms with Crippen LogP contribution in [0, 0.1) is 0 Å². The third-order valence-electron chi connectivity index (χ3n) is 6.48. The van der Waals surface area contributed by atoms with E-state index in [1.165, 1.54) is 0 Å². The van der Waals surface area contributed by atoms with Gasteiger partial charge in [0.2, 0.25) is 0 Å². The lowest BCUT2D eigenvalue weighted by molar-refractivity contribution is -0.00255. The number of anilines is 1. The molecule has 2 saturated heterocycles. The van der Waals surface area contributed by atoms with E-state index in [9.17, 15) is 0 Å². The zero-order valence-corrected chi connectivity index (χ0v) is 22.5. The molecular weight excluding hydrogens is 521 g/mol. The number of rotatable bonds is 8. The first-order chi connectivity index (χ1) is 15.0. The Balaban J connectivity index is 0.00000363. The molecule has 2 fully saturated rings. The van der Waals surface area contributed by atoms with E-state index in [1.54, 1.807) is 14.2 Å². The lowest BCUT2D eigenvalue weighted by atomic mass is 9.89. The quantitative estimate of drug-likeness (QED) is 0.287. The van der Waals surface area contributed by atoms with Crippen LogP contribution < -0.4 is 25.0 Å². The average Bonchev–Trinajstić information content (AvgIpc) is 3.26. The maximum Gasteiger partial charge on any atom is 0.191 e. The number of nitrogens with one attached hydrogen (secondary N) is 2. The second kappa shape index (κ2) is 12.7. The first kappa shape index (κ1) is 26.8. The van der Waals surface area contributed by atoms with Crippen LogP contribution in [0.4, 0.5) is 5.69 Å². The summed E-state index contributed by atoms with van der Waals surface area (Å²) in [6, 6.07) is 6.37. The first-order valence-corrected chi connectivity index (χ1v) is 11.3. The predicted molar refractivity (Wildman–Crippen MR) is 141 cm³/mol. The molecule has 9 heteroatoms. The summed E-state index contributed by atoms with van der Waals surface area (Å²) in [5, 5.41) is 7.08. The van der Waals surface area contributed by atoms with Crippen LogP contribution in [0.2, 0.25) is 0 Å². The summed E-state index contributed by atoms with van der Waals surface area (Å²) in [5.41, 5.74) is 1.19. The molecular formula is C23H40IN5O3. The van der Waals surface area contributed by atoms with Crippen molar-refractivity contribution in [1.29, 1.82) is 0 Å². The van der Waals surface area contributed by atoms with Gasteiger partial charge in [0, 0.05) is 68.3 Å². The zero-order chi connectivity index (χ0) is 22.3. The van der Waals surface area contributed by atoms with E-state index in [1.807, 2.05) is 6.07 Å². The third-order valence-corrected chi connectivity index (χ3v) is 6.48. The van der Waals surface area contributed by atoms with Gasteiger partial charge in [-0.3, -0.25) is 4.99 Å². The highest BCUT2D eigenvalue weighted by Gasteiger charge is 2.35. The number of ether oxygens (including phenoxy) is 3. The van der Waals surface area contributed by atoms with Crippen LogP contribution in [0.15, 0.2) is 23.2 Å². The molecule has 2 aliphatic heterocycles. The van der Waals surface area contributed by atoms with Crippen molar-refractivity contribution in [1.82, 2.24) is 15.5 Å². The molecule has 2 aliphatic rings. The SMILES string of the molecule is CCNC(=NCC1(N(C)C)CCOCC1)NC1CCN(c2cc(OC)cc(OC)c2)C1.I. The maximum absolute atomic E-state index is 5.59. The minimum absolute atomic E-state index is 0. The molecule has 3 rings (SSSR count). The molecule has 182 valence electrons. The van der Waals surface area contributed by atoms with Gasteiger partial charge < -0.3 is 34.6 Å². The fourth-order valence-corrected chi connectivity index (χ4v) is 4.33. The molecule has 0 radical (unpaired) electrons. The summed E-state index contributed by atoms with van der Waals surface area (Å²) < 4.78 is 16.5. The number of benzene rings is 1. The van der Waals surface area contributed by atoms with Gasteiger partial charge >= 0.3 is 0 Å². The molecule has 0 saturated carbocycles. The van der Waals surface area contributed by atoms with E-state index in [-0.39, 0.29) is 29.5 Å². The Labute approximate surface area is 210 Å². The number of hydrogen-bond donors (Lipinski definition) is 2. The number of halogens is 1. The Morgan fingerprint density at radius 1 is 1.19 bits per heavy atom. The van der Waals surface area contributed by atoms with E-state index in [2.05, 4.69) is 53.6 Å². The number of hydrogen-bond acceptors (Lipinski definition) is 6. The minimum atomic E-state index is 0. The van der Waals surface area contributed by atoms with Gasteiger partial charge in [-0.25, -0.2) is 0 Å². The molecule has 0 bridgehead atoms. The lowest BCUT2D eigenvalue weighted by Gasteiger charge is -2.41. The summed E-state index contributed by atoms with van der Waals surface area (Å²) in [4.78, 5) is 9.67. The van der Waals surface area contributed by atoms with Gasteiger partial charge in [-0.2, -0.15) is 0 Å². The average molecular weight is 562 g/mol. The summed E-state index contributed by atoms with van der Waals surface area (Å²) >= 11 is 0. The Bertz CT molecular complexity index is 718. The maximum atomic E-state index is 5.59. The van der Waals surface area contributed by atoms with E-state index in [4.69, 9.17) is 19.2 Å². The van der Waals surface area contributed by atoms with Crippen LogP contribution in [-0.4, -0.2) is 90.1 Å². The van der Waals surface area contributed by atoms with E-state index >= 15 is 0 Å². The van der Waals surface area contributed by atoms with Gasteiger partial charge in [-0.05, 0) is 40.3 Å². The highest BCUT2D eigenvalue weighted by atomic mass is 127. The largest absolute Gasteiger partial charge is 0.497 e. The van der Waals surface area contributed by atoms with Crippen molar-refractivity contribution in [3.63, 3.8) is 0 Å². The Kier molecular flexibility index (Phi) is 10.6. The topological polar surface area (TPSA) is 70.6 Å². The van der Waals surface area contributed by atoms with Gasteiger partial charge in [0.1, 0.15) is 11.5 Å². The summed E-state index contributed by atoms with van der Waals surface area (Å²) in [6.07, 6.45) is 3.08. The smallest absolute Gasteiger partial charge is 0.191 e. The molecule has 32 heavy (non-hydrogen) atoms. The predicted octanol–water partition coefficient (Wildman–Crippen LogP) is 2.57. The van der Waals surface area contributed by atoms with E-state index in [0.717, 1.165) is 81.8 Å². The van der Waals surface area contributed by atoms with Gasteiger partial charge in [-0.15, -0.1) is 24.0 Å². The molecule has 2 heterocycles. The van der Waals surface area contributed by atoms with Crippen molar-refractivity contribution < 1.29 is 14.2 Å². The van der Waals surface area contributed by atoms with Crippen molar-refractivity contribution in [2.75, 3.05) is 72.6 Å². The van der Waals surface area contributed by atoms with Crippen LogP contribution in [0.5, 0.6) is 11.5 Å². The van der Waals surface area contributed by atoms with Crippen molar-refractivity contribution in [3.05, 3.63) is 18.2 Å². The second-order valence-corrected chi connectivity index (χ2v) is 8.57. The first-order valence-electron chi connectivity index (χ1n) is 11.3. The molecule has 0 spiro atoms. The van der Waals surface area contributed by atoms with Crippen LogP contribution in [0.3, 0.4) is 0 Å². The molecule has 0 aliphatic carbocycles. The van der Waals surface area contributed by atoms with Gasteiger partial charge in [0.05, 0.1) is 20.8 Å². The van der Waals surface area contributed by atoms with Crippen LogP contribution in [-0.2, 0) is 4.74 Å². The highest BCUT2D eigenvalue weighted by molar-refractivity contribution is 14.0. The monoisotopic (exact) mass is 561 g/mol. The second-order valence-electron chi connectivity index (χ2n) is 8.57. The third kappa shape index (κ3) is 6.77. The number of guanidine groups is 1. The van der Waals surface area contributed by atoms with Crippen molar-refractivity contribution in [3.8, 4) is 11.5 Å². The van der Waals surface area contributed by atoms with Crippen molar-refractivity contribution in [2.24, 2.45) is 4.99 Å². The zero-order valence-electron chi connectivity index (χ0n) is 20.1. The molecule has 2 N–H and O–H groups in total. The number of aliphatic imine (C=N–C) groups is 1. The van der Waals surface area contributed by atoms with Gasteiger partial charge in [0.15, 0.2) is 5.96 Å². The Morgan fingerprint density at radius 3 is 2.41 bits per heavy atom. The summed E-state index contributed by atoms with van der Waals surface area (Å²) in [6.45, 7) is 7.21. The minimum Gasteiger partial charge on any atom is -0.497 e. The van der Waals surface area contributed by atoms with Gasteiger partial charge in [-0.1, -0.05) is 0 Å². The van der Waals surface area contributed by atoms with Crippen molar-refractivity contribution in [2.45, 2.75) is 37.8 Å². The van der Waals surface area contributed by atoms with Crippen LogP contribution >= 0.6 is 24.0 Å². The fourth-order valence-electron chi connectivity index (χ4n) is 4.33. The normalized spacial score (nSPS) is 20.6.